The van der Waals surface area contributed by atoms with E-state index in [-0.39, 0.29) is 11.8 Å². The van der Waals surface area contributed by atoms with E-state index < -0.39 is 6.04 Å². The molecule has 2 amide bonds. The average molecular weight is 322 g/mol. The van der Waals surface area contributed by atoms with E-state index in [2.05, 4.69) is 10.6 Å². The Kier molecular flexibility index (Phi) is 6.77. The van der Waals surface area contributed by atoms with Gasteiger partial charge in [0.2, 0.25) is 11.8 Å². The van der Waals surface area contributed by atoms with Crippen molar-refractivity contribution in [1.29, 1.82) is 0 Å². The van der Waals surface area contributed by atoms with Crippen molar-refractivity contribution in [2.75, 3.05) is 6.54 Å². The van der Waals surface area contributed by atoms with Crippen LogP contribution in [-0.4, -0.2) is 24.4 Å². The number of amides is 2. The highest BCUT2D eigenvalue weighted by atomic mass is 16.2. The summed E-state index contributed by atoms with van der Waals surface area (Å²) in [6, 6.07) is 18.9. The van der Waals surface area contributed by atoms with Gasteiger partial charge in [-0.2, -0.15) is 0 Å². The lowest BCUT2D eigenvalue weighted by Gasteiger charge is -2.13. The van der Waals surface area contributed by atoms with Crippen LogP contribution in [0.4, 0.5) is 0 Å². The van der Waals surface area contributed by atoms with Gasteiger partial charge in [0.05, 0.1) is 0 Å². The van der Waals surface area contributed by atoms with Gasteiger partial charge in [0.1, 0.15) is 6.04 Å². The second-order valence-electron chi connectivity index (χ2n) is 5.50. The van der Waals surface area contributed by atoms with Gasteiger partial charge in [-0.05, 0) is 30.5 Å². The van der Waals surface area contributed by atoms with Crippen LogP contribution in [0.1, 0.15) is 18.1 Å². The lowest BCUT2D eigenvalue weighted by atomic mass is 10.1. The molecule has 2 N–H and O–H groups in total. The molecule has 0 saturated heterocycles. The molecule has 0 aliphatic rings. The van der Waals surface area contributed by atoms with Gasteiger partial charge >= 0.3 is 0 Å². The van der Waals surface area contributed by atoms with Crippen LogP contribution in [0.5, 0.6) is 0 Å². The van der Waals surface area contributed by atoms with Crippen LogP contribution in [0.25, 0.3) is 6.08 Å². The highest BCUT2D eigenvalue weighted by Gasteiger charge is 2.13. The molecule has 0 saturated carbocycles. The van der Waals surface area contributed by atoms with Crippen molar-refractivity contribution >= 4 is 17.9 Å². The zero-order valence-corrected chi connectivity index (χ0v) is 13.7. The Balaban J connectivity index is 1.72. The molecule has 0 unspecified atom stereocenters. The Morgan fingerprint density at radius 1 is 1.00 bits per heavy atom. The number of carbonyl (C=O) groups is 2. The lowest BCUT2D eigenvalue weighted by Crippen LogP contribution is -2.44. The zero-order valence-electron chi connectivity index (χ0n) is 13.7. The topological polar surface area (TPSA) is 58.2 Å². The molecule has 0 spiro atoms. The van der Waals surface area contributed by atoms with Crippen LogP contribution in [0.2, 0.25) is 0 Å². The van der Waals surface area contributed by atoms with Crippen molar-refractivity contribution in [3.8, 4) is 0 Å². The summed E-state index contributed by atoms with van der Waals surface area (Å²) >= 11 is 0. The van der Waals surface area contributed by atoms with Crippen LogP contribution in [-0.2, 0) is 16.0 Å². The number of hydrogen-bond donors (Lipinski definition) is 2. The number of nitrogens with one attached hydrogen (secondary N) is 2. The summed E-state index contributed by atoms with van der Waals surface area (Å²) < 4.78 is 0. The number of benzene rings is 2. The van der Waals surface area contributed by atoms with Crippen LogP contribution in [0, 0.1) is 0 Å². The molecule has 0 bridgehead atoms. The van der Waals surface area contributed by atoms with Gasteiger partial charge in [-0.25, -0.2) is 0 Å². The van der Waals surface area contributed by atoms with E-state index in [0.29, 0.717) is 6.54 Å². The van der Waals surface area contributed by atoms with E-state index in [4.69, 9.17) is 0 Å². The van der Waals surface area contributed by atoms with E-state index >= 15 is 0 Å². The molecular weight excluding hydrogens is 300 g/mol. The van der Waals surface area contributed by atoms with Crippen LogP contribution < -0.4 is 10.6 Å². The molecule has 124 valence electrons. The first-order valence-electron chi connectivity index (χ1n) is 8.00. The Morgan fingerprint density at radius 2 is 1.62 bits per heavy atom. The molecule has 24 heavy (non-hydrogen) atoms. The van der Waals surface area contributed by atoms with E-state index in [0.717, 1.165) is 12.0 Å². The fourth-order valence-electron chi connectivity index (χ4n) is 2.19. The summed E-state index contributed by atoms with van der Waals surface area (Å²) in [6.45, 7) is 2.22. The van der Waals surface area contributed by atoms with E-state index in [1.807, 2.05) is 60.7 Å². The summed E-state index contributed by atoms with van der Waals surface area (Å²) in [5.74, 6) is -0.475. The molecule has 0 aromatic heterocycles. The third kappa shape index (κ3) is 6.08. The largest absolute Gasteiger partial charge is 0.354 e. The monoisotopic (exact) mass is 322 g/mol. The maximum atomic E-state index is 12.0. The highest BCUT2D eigenvalue weighted by Crippen LogP contribution is 2.01. The molecule has 0 fully saturated rings. The molecule has 0 aliphatic carbocycles. The Bertz CT molecular complexity index is 681. The van der Waals surface area contributed by atoms with Crippen LogP contribution in [0.3, 0.4) is 0 Å². The van der Waals surface area contributed by atoms with Crippen molar-refractivity contribution in [2.24, 2.45) is 0 Å². The molecule has 4 heteroatoms. The van der Waals surface area contributed by atoms with Gasteiger partial charge in [0, 0.05) is 12.6 Å². The molecule has 0 aliphatic heterocycles. The Hall–Kier alpha value is -2.88. The highest BCUT2D eigenvalue weighted by molar-refractivity contribution is 5.95. The van der Waals surface area contributed by atoms with E-state index in [1.54, 1.807) is 13.0 Å². The summed E-state index contributed by atoms with van der Waals surface area (Å²) in [6.07, 6.45) is 3.92. The fraction of sp³-hybridized carbons (Fsp3) is 0.200. The Morgan fingerprint density at radius 3 is 2.29 bits per heavy atom. The first-order valence-corrected chi connectivity index (χ1v) is 8.00. The minimum Gasteiger partial charge on any atom is -0.354 e. The van der Waals surface area contributed by atoms with Gasteiger partial charge < -0.3 is 10.6 Å². The molecule has 2 aromatic carbocycles. The maximum absolute atomic E-state index is 12.0. The van der Waals surface area contributed by atoms with Crippen LogP contribution >= 0.6 is 0 Å². The zero-order chi connectivity index (χ0) is 17.2. The predicted molar refractivity (Wildman–Crippen MR) is 96.2 cm³/mol. The minimum atomic E-state index is -0.575. The van der Waals surface area contributed by atoms with Gasteiger partial charge in [0.25, 0.3) is 0 Å². The lowest BCUT2D eigenvalue weighted by molar-refractivity contribution is -0.126. The molecule has 2 rings (SSSR count). The summed E-state index contributed by atoms with van der Waals surface area (Å²) in [5.41, 5.74) is 2.10. The van der Waals surface area contributed by atoms with Gasteiger partial charge in [0.15, 0.2) is 0 Å². The standard InChI is InChI=1S/C20H22N2O2/c1-16(20(24)21-15-14-18-10-6-3-7-11-18)22-19(23)13-12-17-8-4-2-5-9-17/h2-13,16H,14-15H2,1H3,(H,21,24)(H,22,23)/b13-12+/t16-/m0/s1. The second-order valence-corrected chi connectivity index (χ2v) is 5.50. The second kappa shape index (κ2) is 9.30. The third-order valence-corrected chi connectivity index (χ3v) is 3.53. The molecule has 1 atom stereocenters. The minimum absolute atomic E-state index is 0.188. The predicted octanol–water partition coefficient (Wildman–Crippen LogP) is 2.56. The van der Waals surface area contributed by atoms with Gasteiger partial charge in [-0.15, -0.1) is 0 Å². The third-order valence-electron chi connectivity index (χ3n) is 3.53. The van der Waals surface area contributed by atoms with Crippen molar-refractivity contribution in [3.05, 3.63) is 77.9 Å². The summed E-state index contributed by atoms with van der Waals surface area (Å²) in [7, 11) is 0. The number of carbonyl (C=O) groups excluding carboxylic acids is 2. The molecule has 2 aromatic rings. The van der Waals surface area contributed by atoms with Crippen molar-refractivity contribution in [2.45, 2.75) is 19.4 Å². The number of hydrogen-bond acceptors (Lipinski definition) is 2. The average Bonchev–Trinajstić information content (AvgIpc) is 2.61. The fourth-order valence-corrected chi connectivity index (χ4v) is 2.19. The quantitative estimate of drug-likeness (QED) is 0.770. The van der Waals surface area contributed by atoms with Crippen molar-refractivity contribution < 1.29 is 9.59 Å². The van der Waals surface area contributed by atoms with E-state index in [9.17, 15) is 9.59 Å². The first kappa shape index (κ1) is 17.5. The normalized spacial score (nSPS) is 11.9. The van der Waals surface area contributed by atoms with Gasteiger partial charge in [-0.3, -0.25) is 9.59 Å². The summed E-state index contributed by atoms with van der Waals surface area (Å²) in [4.78, 5) is 23.8. The molecular formula is C20H22N2O2. The number of rotatable bonds is 7. The molecule has 4 nitrogen and oxygen atoms in total. The molecule has 0 heterocycles. The Labute approximate surface area is 142 Å². The molecule has 0 radical (unpaired) electrons. The van der Waals surface area contributed by atoms with E-state index in [1.165, 1.54) is 11.6 Å². The van der Waals surface area contributed by atoms with Crippen molar-refractivity contribution in [1.82, 2.24) is 10.6 Å². The van der Waals surface area contributed by atoms with Crippen molar-refractivity contribution in [3.63, 3.8) is 0 Å². The van der Waals surface area contributed by atoms with Crippen LogP contribution in [0.15, 0.2) is 66.7 Å². The SMILES string of the molecule is C[C@H](NC(=O)/C=C/c1ccccc1)C(=O)NCCc1ccccc1. The smallest absolute Gasteiger partial charge is 0.244 e. The maximum Gasteiger partial charge on any atom is 0.244 e. The summed E-state index contributed by atoms with van der Waals surface area (Å²) in [5, 5.41) is 5.49. The van der Waals surface area contributed by atoms with Gasteiger partial charge in [-0.1, -0.05) is 60.7 Å². The first-order chi connectivity index (χ1) is 11.6.